The van der Waals surface area contributed by atoms with E-state index in [4.69, 9.17) is 15.0 Å². The van der Waals surface area contributed by atoms with Gasteiger partial charge in [-0.3, -0.25) is 0 Å². The van der Waals surface area contributed by atoms with Gasteiger partial charge in [-0.2, -0.15) is 42.1 Å². The lowest BCUT2D eigenvalue weighted by atomic mass is 9.91. The second kappa shape index (κ2) is 19.7. The average molecular weight is 979 g/mol. The lowest BCUT2D eigenvalue weighted by Gasteiger charge is -2.21. The first kappa shape index (κ1) is 47.1. The van der Waals surface area contributed by atoms with Crippen molar-refractivity contribution in [1.29, 1.82) is 42.1 Å². The van der Waals surface area contributed by atoms with E-state index >= 15 is 0 Å². The quantitative estimate of drug-likeness (QED) is 0.139. The van der Waals surface area contributed by atoms with Crippen LogP contribution >= 0.6 is 0 Å². The van der Waals surface area contributed by atoms with Crippen LogP contribution in [0.4, 0.5) is 0 Å². The maximum atomic E-state index is 10.5. The number of benzene rings is 9. The number of hydrogen-bond acceptors (Lipinski definition) is 11. The molecule has 0 unspecified atom stereocenters. The SMILES string of the molecule is N#Cc1cccc(-c2cc(-c3nc(-c4ccccc4)nc(-c4ccccc4)n3)cc(-c3cccc(C#N)c3)c2-n2c3ccc(-c4c(C#N)cc(C#N)cc4C#N)cc3c3cc(-c4c(C#N)cc(C#N)cc4C#N)ccc32)c1. The fraction of sp³-hybridized carbons (Fsp3) is 0. The Balaban J connectivity index is 1.30. The summed E-state index contributed by atoms with van der Waals surface area (Å²) in [6.45, 7) is 0. The summed E-state index contributed by atoms with van der Waals surface area (Å²) >= 11 is 0. The third kappa shape index (κ3) is 8.42. The van der Waals surface area contributed by atoms with Gasteiger partial charge in [0.15, 0.2) is 17.5 Å². The molecule has 0 atom stereocenters. The zero-order chi connectivity index (χ0) is 53.2. The van der Waals surface area contributed by atoms with Gasteiger partial charge in [-0.25, -0.2) is 15.0 Å². The molecule has 0 aliphatic heterocycles. The number of nitrogens with zero attached hydrogens (tertiary/aromatic N) is 12. The van der Waals surface area contributed by atoms with Gasteiger partial charge in [0.05, 0.1) is 110 Å². The smallest absolute Gasteiger partial charge is 0.164 e. The van der Waals surface area contributed by atoms with Crippen LogP contribution in [0.1, 0.15) is 44.5 Å². The van der Waals surface area contributed by atoms with Crippen molar-refractivity contribution in [1.82, 2.24) is 19.5 Å². The molecule has 0 bridgehead atoms. The van der Waals surface area contributed by atoms with Crippen molar-refractivity contribution in [3.8, 4) is 133 Å². The van der Waals surface area contributed by atoms with Gasteiger partial charge in [0, 0.05) is 49.7 Å². The molecule has 2 aromatic heterocycles. The molecule has 0 saturated carbocycles. The van der Waals surface area contributed by atoms with Gasteiger partial charge in [0.1, 0.15) is 0 Å². The average Bonchev–Trinajstić information content (AvgIpc) is 3.94. The van der Waals surface area contributed by atoms with Gasteiger partial charge >= 0.3 is 0 Å². The zero-order valence-electron chi connectivity index (χ0n) is 40.2. The van der Waals surface area contributed by atoms with E-state index in [1.54, 1.807) is 24.3 Å². The lowest BCUT2D eigenvalue weighted by molar-refractivity contribution is 1.07. The normalized spacial score (nSPS) is 10.5. The van der Waals surface area contributed by atoms with Gasteiger partial charge < -0.3 is 4.57 Å². The molecular weight excluding hydrogens is 949 g/mol. The maximum Gasteiger partial charge on any atom is 0.164 e. The minimum absolute atomic E-state index is 0.123. The highest BCUT2D eigenvalue weighted by Crippen LogP contribution is 2.46. The van der Waals surface area contributed by atoms with Crippen molar-refractivity contribution in [2.24, 2.45) is 0 Å². The van der Waals surface area contributed by atoms with Crippen molar-refractivity contribution >= 4 is 21.8 Å². The molecule has 0 radical (unpaired) electrons. The number of nitriles is 8. The van der Waals surface area contributed by atoms with Gasteiger partial charge in [0.2, 0.25) is 0 Å². The van der Waals surface area contributed by atoms with Crippen molar-refractivity contribution in [2.45, 2.75) is 0 Å². The summed E-state index contributed by atoms with van der Waals surface area (Å²) in [5.74, 6) is 1.23. The minimum Gasteiger partial charge on any atom is -0.308 e. The van der Waals surface area contributed by atoms with E-state index in [0.717, 1.165) is 11.1 Å². The molecule has 0 aliphatic carbocycles. The molecule has 12 nitrogen and oxygen atoms in total. The standard InChI is InChI=1S/C65H30N12/c66-31-39-9-7-15-45(21-39)54-29-49(65-75-63(43-11-3-1-4-12-43)74-64(76-65)44-13-5-2-6-14-44)30-55(46-16-8-10-40(22-46)32-67)62(54)77-58-19-17-47(60-50(35-70)23-41(33-68)24-51(60)36-71)27-56(58)57-28-48(18-20-59(57)77)61-52(37-72)25-42(34-69)26-53(61)38-73/h1-30H. The third-order valence-corrected chi connectivity index (χ3v) is 13.3. The summed E-state index contributed by atoms with van der Waals surface area (Å²) in [6.07, 6.45) is 0. The van der Waals surface area contributed by atoms with Crippen LogP contribution < -0.4 is 0 Å². The summed E-state index contributed by atoms with van der Waals surface area (Å²) in [4.78, 5) is 15.2. The van der Waals surface area contributed by atoms with Crippen LogP contribution in [0.2, 0.25) is 0 Å². The van der Waals surface area contributed by atoms with Crippen molar-refractivity contribution in [3.63, 3.8) is 0 Å². The first-order valence-electron chi connectivity index (χ1n) is 23.7. The Hall–Kier alpha value is -12.3. The zero-order valence-corrected chi connectivity index (χ0v) is 40.2. The fourth-order valence-corrected chi connectivity index (χ4v) is 9.86. The van der Waals surface area contributed by atoms with E-state index in [9.17, 15) is 42.1 Å². The van der Waals surface area contributed by atoms with Crippen molar-refractivity contribution in [2.75, 3.05) is 0 Å². The molecule has 0 saturated heterocycles. The topological polar surface area (TPSA) is 234 Å². The molecule has 0 amide bonds. The molecule has 11 aromatic rings. The number of rotatable bonds is 8. The Kier molecular flexibility index (Phi) is 12.1. The molecular formula is C65H30N12. The summed E-state index contributed by atoms with van der Waals surface area (Å²) in [6, 6.07) is 72.1. The van der Waals surface area contributed by atoms with E-state index in [2.05, 4.69) is 41.0 Å². The Morgan fingerprint density at radius 3 is 1.01 bits per heavy atom. The van der Waals surface area contributed by atoms with E-state index in [-0.39, 0.29) is 33.4 Å². The second-order valence-corrected chi connectivity index (χ2v) is 17.7. The first-order chi connectivity index (χ1) is 37.8. The highest BCUT2D eigenvalue weighted by atomic mass is 15.0. The van der Waals surface area contributed by atoms with Crippen LogP contribution in [-0.4, -0.2) is 19.5 Å². The number of fused-ring (bicyclic) bond motifs is 3. The van der Waals surface area contributed by atoms with Crippen molar-refractivity contribution < 1.29 is 0 Å². The van der Waals surface area contributed by atoms with Crippen LogP contribution in [0.15, 0.2) is 182 Å². The predicted octanol–water partition coefficient (Wildman–Crippen LogP) is 13.6. The second-order valence-electron chi connectivity index (χ2n) is 17.7. The molecule has 350 valence electrons. The van der Waals surface area contributed by atoms with Gasteiger partial charge in [-0.15, -0.1) is 0 Å². The first-order valence-corrected chi connectivity index (χ1v) is 23.7. The molecule has 2 heterocycles. The van der Waals surface area contributed by atoms with Crippen LogP contribution in [0.25, 0.3) is 106 Å². The molecule has 0 N–H and O–H groups in total. The van der Waals surface area contributed by atoms with Crippen molar-refractivity contribution in [3.05, 3.63) is 226 Å². The van der Waals surface area contributed by atoms with Crippen LogP contribution in [0.3, 0.4) is 0 Å². The van der Waals surface area contributed by atoms with Crippen LogP contribution in [0, 0.1) is 90.6 Å². The largest absolute Gasteiger partial charge is 0.308 e. The van der Waals surface area contributed by atoms with Crippen LogP contribution in [-0.2, 0) is 0 Å². The molecule has 77 heavy (non-hydrogen) atoms. The summed E-state index contributed by atoms with van der Waals surface area (Å²) in [5.41, 5.74) is 9.92. The van der Waals surface area contributed by atoms with E-state index < -0.39 is 0 Å². The molecule has 0 fully saturated rings. The Bertz CT molecular complexity index is 4310. The highest BCUT2D eigenvalue weighted by molar-refractivity contribution is 6.13. The third-order valence-electron chi connectivity index (χ3n) is 13.3. The summed E-state index contributed by atoms with van der Waals surface area (Å²) in [5, 5.41) is 83.5. The Labute approximate surface area is 440 Å². The summed E-state index contributed by atoms with van der Waals surface area (Å²) < 4.78 is 2.08. The van der Waals surface area contributed by atoms with Crippen LogP contribution in [0.5, 0.6) is 0 Å². The molecule has 9 aromatic carbocycles. The summed E-state index contributed by atoms with van der Waals surface area (Å²) in [7, 11) is 0. The highest BCUT2D eigenvalue weighted by Gasteiger charge is 2.26. The molecule has 12 heteroatoms. The molecule has 0 spiro atoms. The predicted molar refractivity (Wildman–Crippen MR) is 290 cm³/mol. The van der Waals surface area contributed by atoms with E-state index in [1.807, 2.05) is 146 Å². The van der Waals surface area contributed by atoms with Gasteiger partial charge in [-0.1, -0.05) is 97.1 Å². The van der Waals surface area contributed by atoms with E-state index in [1.165, 1.54) is 24.3 Å². The number of hydrogen-bond donors (Lipinski definition) is 0. The monoisotopic (exact) mass is 978 g/mol. The molecule has 11 rings (SSSR count). The fourth-order valence-electron chi connectivity index (χ4n) is 9.86. The van der Waals surface area contributed by atoms with E-state index in [0.29, 0.717) is 106 Å². The minimum atomic E-state index is 0.123. The number of aromatic nitrogens is 4. The molecule has 0 aliphatic rings. The lowest BCUT2D eigenvalue weighted by Crippen LogP contribution is -2.04. The van der Waals surface area contributed by atoms with Gasteiger partial charge in [-0.05, 0) is 107 Å². The Morgan fingerprint density at radius 2 is 0.649 bits per heavy atom. The maximum absolute atomic E-state index is 10.5. The van der Waals surface area contributed by atoms with Gasteiger partial charge in [0.25, 0.3) is 0 Å². The Morgan fingerprint density at radius 1 is 0.286 bits per heavy atom.